The van der Waals surface area contributed by atoms with Crippen molar-refractivity contribution in [3.8, 4) is 0 Å². The highest BCUT2D eigenvalue weighted by Crippen LogP contribution is 2.31. The van der Waals surface area contributed by atoms with Crippen LogP contribution in [0.1, 0.15) is 12.0 Å². The van der Waals surface area contributed by atoms with Crippen LogP contribution in [0, 0.1) is 0 Å². The van der Waals surface area contributed by atoms with E-state index >= 15 is 0 Å². The molecule has 0 unspecified atom stereocenters. The van der Waals surface area contributed by atoms with Crippen LogP contribution in [0.4, 0.5) is 14.5 Å². The van der Waals surface area contributed by atoms with Gasteiger partial charge in [0.1, 0.15) is 0 Å². The topological polar surface area (TPSA) is 15.3 Å². The largest absolute Gasteiger partial charge is 0.368 e. The molecule has 2 nitrogen and oxygen atoms in total. The highest BCUT2D eigenvalue weighted by molar-refractivity contribution is 9.10. The average Bonchev–Trinajstić information content (AvgIpc) is 2.30. The number of hydrogen-bond donors (Lipinski definition) is 1. The van der Waals surface area contributed by atoms with Crippen molar-refractivity contribution in [3.05, 3.63) is 28.2 Å². The minimum Gasteiger partial charge on any atom is -0.368 e. The van der Waals surface area contributed by atoms with E-state index in [1.807, 2.05) is 0 Å². The maximum atomic E-state index is 12.5. The summed E-state index contributed by atoms with van der Waals surface area (Å²) in [5.41, 5.74) is 1.05. The highest BCUT2D eigenvalue weighted by Gasteiger charge is 2.15. The fourth-order valence-corrected chi connectivity index (χ4v) is 2.47. The number of nitrogens with zero attached hydrogens (tertiary/aromatic N) is 1. The summed E-state index contributed by atoms with van der Waals surface area (Å²) in [6.07, 6.45) is -2.41. The summed E-state index contributed by atoms with van der Waals surface area (Å²) >= 11 is 3.36. The highest BCUT2D eigenvalue weighted by atomic mass is 79.9. The number of benzene rings is 1. The molecule has 1 saturated heterocycles. The van der Waals surface area contributed by atoms with Gasteiger partial charge in [0.25, 0.3) is 6.43 Å². The number of halogens is 3. The van der Waals surface area contributed by atoms with Gasteiger partial charge in [0.15, 0.2) is 0 Å². The lowest BCUT2D eigenvalue weighted by Gasteiger charge is -2.30. The summed E-state index contributed by atoms with van der Waals surface area (Å²) in [5, 5.41) is 3.26. The molecule has 0 atom stereocenters. The molecule has 1 aliphatic rings. The Morgan fingerprint density at radius 2 is 1.94 bits per heavy atom. The van der Waals surface area contributed by atoms with Crippen LogP contribution in [0.15, 0.2) is 22.7 Å². The summed E-state index contributed by atoms with van der Waals surface area (Å²) in [6.45, 7) is 3.69. The lowest BCUT2D eigenvalue weighted by Crippen LogP contribution is -2.43. The van der Waals surface area contributed by atoms with Gasteiger partial charge in [-0.2, -0.15) is 0 Å². The van der Waals surface area contributed by atoms with Gasteiger partial charge in [0.2, 0.25) is 0 Å². The smallest absolute Gasteiger partial charge is 0.263 e. The molecular formula is C11H13BrF2N2. The van der Waals surface area contributed by atoms with Crippen molar-refractivity contribution in [1.82, 2.24) is 5.32 Å². The van der Waals surface area contributed by atoms with Crippen molar-refractivity contribution in [2.75, 3.05) is 31.1 Å². The Balaban J connectivity index is 2.21. The van der Waals surface area contributed by atoms with Crippen molar-refractivity contribution in [2.24, 2.45) is 0 Å². The first kappa shape index (κ1) is 11.8. The molecule has 0 aliphatic carbocycles. The minimum atomic E-state index is -2.41. The van der Waals surface area contributed by atoms with Crippen LogP contribution in [-0.2, 0) is 0 Å². The summed E-state index contributed by atoms with van der Waals surface area (Å²) in [6, 6.07) is 4.76. The Morgan fingerprint density at radius 1 is 1.25 bits per heavy atom. The third kappa shape index (κ3) is 2.52. The second-order valence-electron chi connectivity index (χ2n) is 3.75. The zero-order valence-electron chi connectivity index (χ0n) is 8.72. The third-order valence-corrected chi connectivity index (χ3v) is 3.32. The van der Waals surface area contributed by atoms with Gasteiger partial charge in [-0.15, -0.1) is 0 Å². The Labute approximate surface area is 102 Å². The van der Waals surface area contributed by atoms with Gasteiger partial charge in [0, 0.05) is 36.2 Å². The molecule has 1 aliphatic heterocycles. The average molecular weight is 291 g/mol. The van der Waals surface area contributed by atoms with Crippen LogP contribution in [0.5, 0.6) is 0 Å². The van der Waals surface area contributed by atoms with Gasteiger partial charge in [-0.1, -0.05) is 6.07 Å². The monoisotopic (exact) mass is 290 g/mol. The molecule has 16 heavy (non-hydrogen) atoms. The van der Waals surface area contributed by atoms with Gasteiger partial charge in [-0.05, 0) is 28.1 Å². The molecule has 2 rings (SSSR count). The van der Waals surface area contributed by atoms with Crippen molar-refractivity contribution < 1.29 is 8.78 Å². The Bertz CT molecular complexity index is 365. The van der Waals surface area contributed by atoms with Gasteiger partial charge in [0.05, 0.1) is 5.69 Å². The van der Waals surface area contributed by atoms with Crippen LogP contribution in [0.25, 0.3) is 0 Å². The van der Waals surface area contributed by atoms with Crippen molar-refractivity contribution in [2.45, 2.75) is 6.43 Å². The number of rotatable bonds is 2. The number of hydrogen-bond acceptors (Lipinski definition) is 2. The molecule has 0 amide bonds. The molecule has 5 heteroatoms. The lowest BCUT2D eigenvalue weighted by atomic mass is 10.2. The van der Waals surface area contributed by atoms with Gasteiger partial charge in [-0.25, -0.2) is 8.78 Å². The van der Waals surface area contributed by atoms with Gasteiger partial charge in [-0.3, -0.25) is 0 Å². The SMILES string of the molecule is FC(F)c1ccc(N2CCNCC2)c(Br)c1. The molecule has 1 fully saturated rings. The van der Waals surface area contributed by atoms with Crippen molar-refractivity contribution in [1.29, 1.82) is 0 Å². The fourth-order valence-electron chi connectivity index (χ4n) is 1.82. The molecule has 88 valence electrons. The summed E-state index contributed by atoms with van der Waals surface area (Å²) in [5.74, 6) is 0. The molecule has 1 aromatic carbocycles. The Hall–Kier alpha value is -0.680. The normalized spacial score (nSPS) is 16.9. The van der Waals surface area contributed by atoms with E-state index in [0.717, 1.165) is 36.3 Å². The molecule has 1 aromatic rings. The first-order chi connectivity index (χ1) is 7.68. The van der Waals surface area contributed by atoms with Crippen LogP contribution < -0.4 is 10.2 Å². The van der Waals surface area contributed by atoms with Crippen molar-refractivity contribution >= 4 is 21.6 Å². The molecule has 0 radical (unpaired) electrons. The second kappa shape index (κ2) is 5.10. The maximum Gasteiger partial charge on any atom is 0.263 e. The van der Waals surface area contributed by atoms with Gasteiger partial charge < -0.3 is 10.2 Å². The predicted octanol–water partition coefficient (Wildman–Crippen LogP) is 2.80. The Kier molecular flexibility index (Phi) is 3.76. The van der Waals surface area contributed by atoms with E-state index in [0.29, 0.717) is 0 Å². The van der Waals surface area contributed by atoms with E-state index in [1.54, 1.807) is 6.07 Å². The molecule has 0 spiro atoms. The van der Waals surface area contributed by atoms with E-state index in [4.69, 9.17) is 0 Å². The lowest BCUT2D eigenvalue weighted by molar-refractivity contribution is 0.151. The number of piperazine rings is 1. The summed E-state index contributed by atoms with van der Waals surface area (Å²) in [7, 11) is 0. The maximum absolute atomic E-state index is 12.5. The van der Waals surface area contributed by atoms with Crippen molar-refractivity contribution in [3.63, 3.8) is 0 Å². The standard InChI is InChI=1S/C11H13BrF2N2/c12-9-7-8(11(13)14)1-2-10(9)16-5-3-15-4-6-16/h1-2,7,11,15H,3-6H2. The van der Waals surface area contributed by atoms with Gasteiger partial charge >= 0.3 is 0 Å². The predicted molar refractivity (Wildman–Crippen MR) is 64.2 cm³/mol. The zero-order chi connectivity index (χ0) is 11.5. The third-order valence-electron chi connectivity index (χ3n) is 2.68. The van der Waals surface area contributed by atoms with Crippen LogP contribution in [0.3, 0.4) is 0 Å². The number of nitrogens with one attached hydrogen (secondary N) is 1. The molecular weight excluding hydrogens is 278 g/mol. The summed E-state index contributed by atoms with van der Waals surface area (Å²) in [4.78, 5) is 2.19. The minimum absolute atomic E-state index is 0.0609. The van der Waals surface area contributed by atoms with E-state index < -0.39 is 6.43 Å². The van der Waals surface area contributed by atoms with E-state index in [-0.39, 0.29) is 5.56 Å². The first-order valence-corrected chi connectivity index (χ1v) is 6.01. The molecule has 0 aromatic heterocycles. The number of anilines is 1. The quantitative estimate of drug-likeness (QED) is 0.901. The molecule has 1 heterocycles. The second-order valence-corrected chi connectivity index (χ2v) is 4.60. The zero-order valence-corrected chi connectivity index (χ0v) is 10.3. The molecule has 0 bridgehead atoms. The van der Waals surface area contributed by atoms with Crippen LogP contribution in [0.2, 0.25) is 0 Å². The van der Waals surface area contributed by atoms with E-state index in [1.165, 1.54) is 12.1 Å². The van der Waals surface area contributed by atoms with E-state index in [9.17, 15) is 8.78 Å². The van der Waals surface area contributed by atoms with Crippen LogP contribution >= 0.6 is 15.9 Å². The van der Waals surface area contributed by atoms with E-state index in [2.05, 4.69) is 26.1 Å². The molecule has 0 saturated carbocycles. The fraction of sp³-hybridized carbons (Fsp3) is 0.455. The van der Waals surface area contributed by atoms with Crippen LogP contribution in [-0.4, -0.2) is 26.2 Å². The number of alkyl halides is 2. The Morgan fingerprint density at radius 3 is 2.50 bits per heavy atom. The first-order valence-electron chi connectivity index (χ1n) is 5.22. The summed E-state index contributed by atoms with van der Waals surface area (Å²) < 4.78 is 25.7. The molecule has 1 N–H and O–H groups in total.